The molecule has 0 aliphatic carbocycles. The molecule has 1 aromatic heterocycles. The third kappa shape index (κ3) is 4.42. The normalized spacial score (nSPS) is 11.3. The summed E-state index contributed by atoms with van der Waals surface area (Å²) in [5.41, 5.74) is 1.06. The summed E-state index contributed by atoms with van der Waals surface area (Å²) in [5.74, 6) is -0.972. The van der Waals surface area contributed by atoms with Crippen LogP contribution < -0.4 is 0 Å². The predicted molar refractivity (Wildman–Crippen MR) is 86.4 cm³/mol. The summed E-state index contributed by atoms with van der Waals surface area (Å²) < 4.78 is 5.30. The van der Waals surface area contributed by atoms with Crippen molar-refractivity contribution in [3.8, 4) is 0 Å². The van der Waals surface area contributed by atoms with Gasteiger partial charge in [0.2, 0.25) is 0 Å². The van der Waals surface area contributed by atoms with Gasteiger partial charge in [0.1, 0.15) is 5.60 Å². The minimum absolute atomic E-state index is 0.220. The first-order valence-electron chi connectivity index (χ1n) is 7.23. The van der Waals surface area contributed by atoms with Gasteiger partial charge in [0.05, 0.1) is 23.3 Å². The van der Waals surface area contributed by atoms with Crippen LogP contribution in [0.1, 0.15) is 36.8 Å². The fraction of sp³-hybridized carbons (Fsp3) is 0.353. The van der Waals surface area contributed by atoms with E-state index in [0.717, 1.165) is 5.39 Å². The minimum Gasteiger partial charge on any atom is -0.478 e. The zero-order chi connectivity index (χ0) is 17.2. The van der Waals surface area contributed by atoms with Crippen LogP contribution in [0.5, 0.6) is 0 Å². The number of fused-ring (bicyclic) bond motifs is 1. The van der Waals surface area contributed by atoms with E-state index >= 15 is 0 Å². The van der Waals surface area contributed by atoms with Crippen LogP contribution in [-0.2, 0) is 11.3 Å². The molecule has 0 aliphatic heterocycles. The van der Waals surface area contributed by atoms with E-state index in [9.17, 15) is 9.59 Å². The molecule has 1 aromatic carbocycles. The predicted octanol–water partition coefficient (Wildman–Crippen LogP) is 3.30. The Labute approximate surface area is 134 Å². The van der Waals surface area contributed by atoms with Gasteiger partial charge in [-0.25, -0.2) is 9.59 Å². The summed E-state index contributed by atoms with van der Waals surface area (Å²) in [7, 11) is 1.65. The van der Waals surface area contributed by atoms with Gasteiger partial charge in [0.25, 0.3) is 0 Å². The van der Waals surface area contributed by atoms with Gasteiger partial charge < -0.3 is 14.7 Å². The number of aromatic nitrogens is 1. The van der Waals surface area contributed by atoms with E-state index in [1.807, 2.05) is 20.8 Å². The number of pyridine rings is 1. The number of aromatic carboxylic acids is 1. The lowest BCUT2D eigenvalue weighted by Gasteiger charge is -2.24. The molecule has 0 aliphatic rings. The van der Waals surface area contributed by atoms with Crippen LogP contribution >= 0.6 is 0 Å². The molecular weight excluding hydrogens is 296 g/mol. The first-order valence-corrected chi connectivity index (χ1v) is 7.23. The molecule has 1 N–H and O–H groups in total. The maximum Gasteiger partial charge on any atom is 0.410 e. The average molecular weight is 316 g/mol. The summed E-state index contributed by atoms with van der Waals surface area (Å²) in [6.07, 6.45) is -0.416. The van der Waals surface area contributed by atoms with Crippen molar-refractivity contribution in [1.82, 2.24) is 9.88 Å². The van der Waals surface area contributed by atoms with Crippen molar-refractivity contribution < 1.29 is 19.4 Å². The second-order valence-electron chi connectivity index (χ2n) is 6.35. The number of carboxylic acids is 1. The number of carbonyl (C=O) groups is 2. The smallest absolute Gasteiger partial charge is 0.410 e. The van der Waals surface area contributed by atoms with Crippen LogP contribution in [0.25, 0.3) is 10.9 Å². The highest BCUT2D eigenvalue weighted by atomic mass is 16.6. The van der Waals surface area contributed by atoms with Crippen LogP contribution in [-0.4, -0.2) is 39.7 Å². The summed E-state index contributed by atoms with van der Waals surface area (Å²) in [5, 5.41) is 9.74. The van der Waals surface area contributed by atoms with Crippen molar-refractivity contribution in [3.05, 3.63) is 41.6 Å². The van der Waals surface area contributed by atoms with Crippen molar-refractivity contribution in [2.24, 2.45) is 0 Å². The Morgan fingerprint density at radius 2 is 1.91 bits per heavy atom. The van der Waals surface area contributed by atoms with Gasteiger partial charge in [-0.05, 0) is 45.0 Å². The zero-order valence-electron chi connectivity index (χ0n) is 13.7. The molecule has 0 spiro atoms. The average Bonchev–Trinajstić information content (AvgIpc) is 2.44. The maximum atomic E-state index is 12.0. The Balaban J connectivity index is 2.16. The van der Waals surface area contributed by atoms with Crippen molar-refractivity contribution in [2.75, 3.05) is 7.05 Å². The van der Waals surface area contributed by atoms with E-state index < -0.39 is 17.7 Å². The third-order valence-corrected chi connectivity index (χ3v) is 3.10. The topological polar surface area (TPSA) is 79.7 Å². The monoisotopic (exact) mass is 316 g/mol. The van der Waals surface area contributed by atoms with E-state index in [4.69, 9.17) is 9.84 Å². The Morgan fingerprint density at radius 1 is 1.22 bits per heavy atom. The van der Waals surface area contributed by atoms with Crippen molar-refractivity contribution >= 4 is 23.0 Å². The molecule has 0 atom stereocenters. The number of carboxylic acid groups (broad SMARTS) is 1. The maximum absolute atomic E-state index is 12.0. The Kier molecular flexibility index (Phi) is 4.54. The van der Waals surface area contributed by atoms with Crippen LogP contribution in [0.2, 0.25) is 0 Å². The van der Waals surface area contributed by atoms with E-state index in [2.05, 4.69) is 4.98 Å². The molecule has 23 heavy (non-hydrogen) atoms. The third-order valence-electron chi connectivity index (χ3n) is 3.10. The molecule has 0 unspecified atom stereocenters. The molecule has 0 radical (unpaired) electrons. The number of amides is 1. The van der Waals surface area contributed by atoms with Crippen LogP contribution in [0.4, 0.5) is 4.79 Å². The largest absolute Gasteiger partial charge is 0.478 e. The highest BCUT2D eigenvalue weighted by molar-refractivity contribution is 5.93. The number of ether oxygens (including phenoxy) is 1. The van der Waals surface area contributed by atoms with Crippen LogP contribution in [0.3, 0.4) is 0 Å². The molecule has 0 saturated carbocycles. The highest BCUT2D eigenvalue weighted by Crippen LogP contribution is 2.16. The van der Waals surface area contributed by atoms with Gasteiger partial charge in [-0.15, -0.1) is 0 Å². The van der Waals surface area contributed by atoms with Gasteiger partial charge in [0, 0.05) is 12.4 Å². The van der Waals surface area contributed by atoms with Crippen molar-refractivity contribution in [2.45, 2.75) is 32.9 Å². The number of carbonyl (C=O) groups excluding carboxylic acids is 1. The molecule has 0 saturated heterocycles. The first kappa shape index (κ1) is 16.7. The number of nitrogens with zero attached hydrogens (tertiary/aromatic N) is 2. The standard InChI is InChI=1S/C17H20N2O4/c1-17(2,3)23-16(22)19(4)10-13-7-5-11-9-12(15(20)21)6-8-14(11)18-13/h5-9H,10H2,1-4H3,(H,20,21). The lowest BCUT2D eigenvalue weighted by molar-refractivity contribution is 0.0283. The van der Waals surface area contributed by atoms with Crippen molar-refractivity contribution in [3.63, 3.8) is 0 Å². The SMILES string of the molecule is CN(Cc1ccc2cc(C(=O)O)ccc2n1)C(=O)OC(C)(C)C. The van der Waals surface area contributed by atoms with Gasteiger partial charge in [0.15, 0.2) is 0 Å². The summed E-state index contributed by atoms with van der Waals surface area (Å²) >= 11 is 0. The molecule has 0 bridgehead atoms. The molecule has 2 aromatic rings. The number of rotatable bonds is 3. The zero-order valence-corrected chi connectivity index (χ0v) is 13.7. The Hall–Kier alpha value is -2.63. The molecule has 122 valence electrons. The summed E-state index contributed by atoms with van der Waals surface area (Å²) in [6.45, 7) is 5.75. The first-order chi connectivity index (χ1) is 10.7. The quantitative estimate of drug-likeness (QED) is 0.939. The van der Waals surface area contributed by atoms with E-state index in [-0.39, 0.29) is 5.56 Å². The van der Waals surface area contributed by atoms with Gasteiger partial charge >= 0.3 is 12.1 Å². The molecule has 2 rings (SSSR count). The number of hydrogen-bond donors (Lipinski definition) is 1. The summed E-state index contributed by atoms with van der Waals surface area (Å²) in [6, 6.07) is 8.32. The second-order valence-corrected chi connectivity index (χ2v) is 6.35. The van der Waals surface area contributed by atoms with Crippen molar-refractivity contribution in [1.29, 1.82) is 0 Å². The fourth-order valence-corrected chi connectivity index (χ4v) is 2.04. The molecule has 6 heteroatoms. The molecular formula is C17H20N2O4. The molecule has 0 fully saturated rings. The van der Waals surface area contributed by atoms with Gasteiger partial charge in [-0.3, -0.25) is 4.98 Å². The van der Waals surface area contributed by atoms with Gasteiger partial charge in [-0.2, -0.15) is 0 Å². The number of benzene rings is 1. The van der Waals surface area contributed by atoms with E-state index in [1.165, 1.54) is 11.0 Å². The highest BCUT2D eigenvalue weighted by Gasteiger charge is 2.20. The number of hydrogen-bond acceptors (Lipinski definition) is 4. The second kappa shape index (κ2) is 6.24. The van der Waals surface area contributed by atoms with Crippen LogP contribution in [0.15, 0.2) is 30.3 Å². The van der Waals surface area contributed by atoms with Gasteiger partial charge in [-0.1, -0.05) is 6.07 Å². The Bertz CT molecular complexity index is 750. The lowest BCUT2D eigenvalue weighted by Crippen LogP contribution is -2.34. The molecule has 6 nitrogen and oxygen atoms in total. The Morgan fingerprint density at radius 3 is 2.52 bits per heavy atom. The van der Waals surface area contributed by atoms with Crippen LogP contribution in [0, 0.1) is 0 Å². The molecule has 1 amide bonds. The molecule has 1 heterocycles. The van der Waals surface area contributed by atoms with E-state index in [1.54, 1.807) is 31.3 Å². The lowest BCUT2D eigenvalue weighted by atomic mass is 10.1. The minimum atomic E-state index is -0.972. The summed E-state index contributed by atoms with van der Waals surface area (Å²) in [4.78, 5) is 28.8. The van der Waals surface area contributed by atoms with E-state index in [0.29, 0.717) is 17.8 Å². The fourth-order valence-electron chi connectivity index (χ4n) is 2.04.